The number of rotatable bonds is 8. The maximum absolute atomic E-state index is 13.0. The van der Waals surface area contributed by atoms with E-state index in [1.807, 2.05) is 0 Å². The van der Waals surface area contributed by atoms with Crippen LogP contribution in [0.2, 0.25) is 5.02 Å². The van der Waals surface area contributed by atoms with Gasteiger partial charge in [-0.05, 0) is 43.5 Å². The van der Waals surface area contributed by atoms with Gasteiger partial charge in [-0.25, -0.2) is 8.78 Å². The van der Waals surface area contributed by atoms with E-state index in [0.717, 1.165) is 32.0 Å². The van der Waals surface area contributed by atoms with Crippen LogP contribution >= 0.6 is 11.6 Å². The van der Waals surface area contributed by atoms with E-state index in [0.29, 0.717) is 23.6 Å². The Morgan fingerprint density at radius 1 is 1.17 bits per heavy atom. The highest BCUT2D eigenvalue weighted by molar-refractivity contribution is 6.31. The second kappa shape index (κ2) is 8.40. The molecule has 0 aromatic heterocycles. The SMILES string of the molecule is COCCNCCCCc1cc(F)c(F)cc1Cl. The molecule has 0 atom stereocenters. The molecule has 0 aliphatic carbocycles. The molecule has 0 unspecified atom stereocenters. The van der Waals surface area contributed by atoms with Crippen molar-refractivity contribution in [1.82, 2.24) is 5.32 Å². The molecule has 0 fully saturated rings. The van der Waals surface area contributed by atoms with Gasteiger partial charge in [-0.1, -0.05) is 11.6 Å². The fourth-order valence-electron chi connectivity index (χ4n) is 1.62. The molecule has 1 N–H and O–H groups in total. The maximum Gasteiger partial charge on any atom is 0.160 e. The summed E-state index contributed by atoms with van der Waals surface area (Å²) in [5.74, 6) is -1.74. The average Bonchev–Trinajstić information content (AvgIpc) is 2.34. The number of hydrogen-bond acceptors (Lipinski definition) is 2. The van der Waals surface area contributed by atoms with E-state index in [9.17, 15) is 8.78 Å². The molecule has 1 aromatic carbocycles. The van der Waals surface area contributed by atoms with E-state index in [4.69, 9.17) is 16.3 Å². The first-order chi connectivity index (χ1) is 8.65. The van der Waals surface area contributed by atoms with Crippen molar-refractivity contribution in [3.8, 4) is 0 Å². The molecule has 2 nitrogen and oxygen atoms in total. The lowest BCUT2D eigenvalue weighted by Crippen LogP contribution is -2.20. The first-order valence-corrected chi connectivity index (χ1v) is 6.36. The van der Waals surface area contributed by atoms with Crippen molar-refractivity contribution in [2.45, 2.75) is 19.3 Å². The first-order valence-electron chi connectivity index (χ1n) is 5.98. The topological polar surface area (TPSA) is 21.3 Å². The summed E-state index contributed by atoms with van der Waals surface area (Å²) in [6, 6.07) is 2.21. The number of benzene rings is 1. The number of methoxy groups -OCH3 is 1. The molecule has 0 radical (unpaired) electrons. The Morgan fingerprint density at radius 3 is 2.61 bits per heavy atom. The second-order valence-electron chi connectivity index (χ2n) is 4.06. The zero-order valence-corrected chi connectivity index (χ0v) is 11.2. The van der Waals surface area contributed by atoms with Gasteiger partial charge in [-0.2, -0.15) is 0 Å². The summed E-state index contributed by atoms with van der Waals surface area (Å²) >= 11 is 5.84. The molecule has 5 heteroatoms. The molecule has 0 heterocycles. The molecule has 0 amide bonds. The van der Waals surface area contributed by atoms with Gasteiger partial charge >= 0.3 is 0 Å². The van der Waals surface area contributed by atoms with Gasteiger partial charge in [0.15, 0.2) is 11.6 Å². The van der Waals surface area contributed by atoms with Crippen LogP contribution in [0, 0.1) is 11.6 Å². The van der Waals surface area contributed by atoms with Gasteiger partial charge in [0.1, 0.15) is 0 Å². The highest BCUT2D eigenvalue weighted by Crippen LogP contribution is 2.21. The summed E-state index contributed by atoms with van der Waals surface area (Å²) in [6.45, 7) is 2.39. The lowest BCUT2D eigenvalue weighted by atomic mass is 10.1. The zero-order valence-electron chi connectivity index (χ0n) is 10.4. The van der Waals surface area contributed by atoms with E-state index in [1.165, 1.54) is 6.07 Å². The van der Waals surface area contributed by atoms with Gasteiger partial charge in [0.05, 0.1) is 6.61 Å². The molecule has 0 bridgehead atoms. The smallest absolute Gasteiger partial charge is 0.160 e. The highest BCUT2D eigenvalue weighted by Gasteiger charge is 2.07. The minimum Gasteiger partial charge on any atom is -0.383 e. The van der Waals surface area contributed by atoms with E-state index in [-0.39, 0.29) is 0 Å². The number of unbranched alkanes of at least 4 members (excludes halogenated alkanes) is 1. The summed E-state index contributed by atoms with van der Waals surface area (Å²) in [6.07, 6.45) is 2.49. The molecule has 1 aromatic rings. The Kier molecular flexibility index (Phi) is 7.16. The fraction of sp³-hybridized carbons (Fsp3) is 0.538. The Bertz CT molecular complexity index is 374. The van der Waals surface area contributed by atoms with Gasteiger partial charge in [0, 0.05) is 18.7 Å². The molecule has 0 saturated carbocycles. The van der Waals surface area contributed by atoms with Crippen molar-refractivity contribution in [2.24, 2.45) is 0 Å². The third-order valence-electron chi connectivity index (χ3n) is 2.62. The maximum atomic E-state index is 13.0. The van der Waals surface area contributed by atoms with Crippen LogP contribution in [0.3, 0.4) is 0 Å². The normalized spacial score (nSPS) is 10.9. The molecule has 102 valence electrons. The van der Waals surface area contributed by atoms with Gasteiger partial charge in [-0.3, -0.25) is 0 Å². The molecule has 1 rings (SSSR count). The quantitative estimate of drug-likeness (QED) is 0.582. The number of aryl methyl sites for hydroxylation is 1. The predicted molar refractivity (Wildman–Crippen MR) is 69.1 cm³/mol. The first kappa shape index (κ1) is 15.3. The molecule has 18 heavy (non-hydrogen) atoms. The number of ether oxygens (including phenoxy) is 1. The van der Waals surface area contributed by atoms with Crippen molar-refractivity contribution in [2.75, 3.05) is 26.8 Å². The van der Waals surface area contributed by atoms with Crippen molar-refractivity contribution in [1.29, 1.82) is 0 Å². The minimum atomic E-state index is -0.898. The molecular formula is C13H18ClF2NO. The Morgan fingerprint density at radius 2 is 1.89 bits per heavy atom. The number of hydrogen-bond donors (Lipinski definition) is 1. The Labute approximate surface area is 111 Å². The summed E-state index contributed by atoms with van der Waals surface area (Å²) < 4.78 is 30.8. The monoisotopic (exact) mass is 277 g/mol. The van der Waals surface area contributed by atoms with Crippen LogP contribution < -0.4 is 5.32 Å². The lowest BCUT2D eigenvalue weighted by molar-refractivity contribution is 0.199. The van der Waals surface area contributed by atoms with Crippen LogP contribution in [0.1, 0.15) is 18.4 Å². The van der Waals surface area contributed by atoms with Crippen molar-refractivity contribution in [3.63, 3.8) is 0 Å². The minimum absolute atomic E-state index is 0.293. The van der Waals surface area contributed by atoms with Gasteiger partial charge in [0.25, 0.3) is 0 Å². The highest BCUT2D eigenvalue weighted by atomic mass is 35.5. The van der Waals surface area contributed by atoms with Crippen LogP contribution in [0.4, 0.5) is 8.78 Å². The Balaban J connectivity index is 2.25. The summed E-state index contributed by atoms with van der Waals surface area (Å²) in [7, 11) is 1.66. The van der Waals surface area contributed by atoms with E-state index in [1.54, 1.807) is 7.11 Å². The molecule has 0 spiro atoms. The summed E-state index contributed by atoms with van der Waals surface area (Å²) in [4.78, 5) is 0. The molecular weight excluding hydrogens is 260 g/mol. The van der Waals surface area contributed by atoms with Crippen molar-refractivity contribution >= 4 is 11.6 Å². The second-order valence-corrected chi connectivity index (χ2v) is 4.46. The van der Waals surface area contributed by atoms with Crippen molar-refractivity contribution < 1.29 is 13.5 Å². The van der Waals surface area contributed by atoms with Crippen molar-refractivity contribution in [3.05, 3.63) is 34.4 Å². The summed E-state index contributed by atoms with van der Waals surface area (Å²) in [5.41, 5.74) is 0.660. The van der Waals surface area contributed by atoms with Crippen LogP contribution in [0.25, 0.3) is 0 Å². The summed E-state index contributed by atoms with van der Waals surface area (Å²) in [5, 5.41) is 3.51. The van der Waals surface area contributed by atoms with Crippen LogP contribution in [-0.2, 0) is 11.2 Å². The lowest BCUT2D eigenvalue weighted by Gasteiger charge is -2.06. The number of nitrogens with one attached hydrogen (secondary N) is 1. The molecule has 0 aliphatic heterocycles. The Hall–Kier alpha value is -0.710. The van der Waals surface area contributed by atoms with Crippen LogP contribution in [0.15, 0.2) is 12.1 Å². The van der Waals surface area contributed by atoms with E-state index >= 15 is 0 Å². The molecule has 0 aliphatic rings. The van der Waals surface area contributed by atoms with E-state index < -0.39 is 11.6 Å². The average molecular weight is 278 g/mol. The van der Waals surface area contributed by atoms with Gasteiger partial charge < -0.3 is 10.1 Å². The predicted octanol–water partition coefficient (Wildman–Crippen LogP) is 3.18. The third-order valence-corrected chi connectivity index (χ3v) is 2.97. The van der Waals surface area contributed by atoms with E-state index in [2.05, 4.69) is 5.32 Å². The van der Waals surface area contributed by atoms with Crippen LogP contribution in [0.5, 0.6) is 0 Å². The number of halogens is 3. The van der Waals surface area contributed by atoms with Crippen LogP contribution in [-0.4, -0.2) is 26.8 Å². The van der Waals surface area contributed by atoms with Gasteiger partial charge in [0.2, 0.25) is 0 Å². The van der Waals surface area contributed by atoms with Gasteiger partial charge in [-0.15, -0.1) is 0 Å². The largest absolute Gasteiger partial charge is 0.383 e. The molecule has 0 saturated heterocycles. The fourth-order valence-corrected chi connectivity index (χ4v) is 1.86. The third kappa shape index (κ3) is 5.29. The zero-order chi connectivity index (χ0) is 13.4. The standard InChI is InChI=1S/C13H18ClF2NO/c1-18-7-6-17-5-3-2-4-10-8-12(15)13(16)9-11(10)14/h8-9,17H,2-7H2,1H3.